The zero-order valence-electron chi connectivity index (χ0n) is 19.8. The van der Waals surface area contributed by atoms with Crippen LogP contribution in [0.25, 0.3) is 21.5 Å². The summed E-state index contributed by atoms with van der Waals surface area (Å²) in [7, 11) is 0. The molecule has 0 amide bonds. The molecule has 0 unspecified atom stereocenters. The van der Waals surface area contributed by atoms with Gasteiger partial charge in [0.1, 0.15) is 22.0 Å². The second-order valence-electron chi connectivity index (χ2n) is 9.22. The predicted octanol–water partition coefficient (Wildman–Crippen LogP) is 3.17. The van der Waals surface area contributed by atoms with E-state index in [9.17, 15) is 5.11 Å². The Hall–Kier alpha value is -5.21. The Labute approximate surface area is 214 Å². The number of nitrogens with one attached hydrogen (secondary N) is 2. The molecule has 180 valence electrons. The first-order valence-electron chi connectivity index (χ1n) is 12.2. The Morgan fingerprint density at radius 2 is 1.08 bits per heavy atom. The van der Waals surface area contributed by atoms with Crippen LogP contribution in [-0.4, -0.2) is 20.9 Å². The first-order chi connectivity index (χ1) is 18.6. The maximum absolute atomic E-state index is 11.8. The van der Waals surface area contributed by atoms with E-state index < -0.39 is 5.85 Å². The van der Waals surface area contributed by atoms with Gasteiger partial charge in [0.2, 0.25) is 0 Å². The highest BCUT2D eigenvalue weighted by atomic mass is 16.3. The molecule has 38 heavy (non-hydrogen) atoms. The Balaban J connectivity index is 1.55. The first-order valence-corrected chi connectivity index (χ1v) is 12.2. The number of aromatic amines is 2. The molecule has 4 heterocycles. The van der Waals surface area contributed by atoms with E-state index in [4.69, 9.17) is 20.0 Å². The van der Waals surface area contributed by atoms with E-state index in [1.807, 2.05) is 91.0 Å². The van der Waals surface area contributed by atoms with Crippen molar-refractivity contribution < 1.29 is 5.11 Å². The quantitative estimate of drug-likeness (QED) is 0.278. The molecule has 0 radical (unpaired) electrons. The third kappa shape index (κ3) is 3.11. The highest BCUT2D eigenvalue weighted by Crippen LogP contribution is 2.34. The van der Waals surface area contributed by atoms with Gasteiger partial charge in [0.25, 0.3) is 5.85 Å². The minimum atomic E-state index is -1.86. The number of H-pyrrole nitrogens is 2. The zero-order chi connectivity index (χ0) is 25.3. The number of hydrogen-bond acceptors (Lipinski definition) is 6. The summed E-state index contributed by atoms with van der Waals surface area (Å²) in [6.07, 6.45) is 0. The van der Waals surface area contributed by atoms with Gasteiger partial charge in [-0.25, -0.2) is 15.0 Å². The summed E-state index contributed by atoms with van der Waals surface area (Å²) in [4.78, 5) is 30.6. The minimum absolute atomic E-state index is 0.381. The fourth-order valence-corrected chi connectivity index (χ4v) is 5.13. The van der Waals surface area contributed by atoms with E-state index in [-0.39, 0.29) is 0 Å². The lowest BCUT2D eigenvalue weighted by Crippen LogP contribution is -2.23. The van der Waals surface area contributed by atoms with Crippen molar-refractivity contribution in [2.75, 3.05) is 0 Å². The SMILES string of the molecule is O[C@@]12N=C(N=c3[nH]c(c4ccccc34)=Nc3[c-]c(ccc3)N=c3[nH]/c(c4ccccc34)=N\1)c1ccccc12. The van der Waals surface area contributed by atoms with E-state index in [2.05, 4.69) is 21.0 Å². The van der Waals surface area contributed by atoms with Gasteiger partial charge in [0, 0.05) is 32.7 Å². The summed E-state index contributed by atoms with van der Waals surface area (Å²) in [5, 5.41) is 15.3. The Bertz CT molecular complexity index is 2220. The average molecular weight is 493 g/mol. The van der Waals surface area contributed by atoms with Crippen LogP contribution in [0.1, 0.15) is 11.1 Å². The Kier molecular flexibility index (Phi) is 4.21. The number of aliphatic hydroxyl groups is 1. The number of rotatable bonds is 0. The highest BCUT2D eigenvalue weighted by Gasteiger charge is 2.38. The van der Waals surface area contributed by atoms with Crippen LogP contribution in [-0.2, 0) is 5.85 Å². The summed E-state index contributed by atoms with van der Waals surface area (Å²) >= 11 is 0. The molecule has 8 heteroatoms. The van der Waals surface area contributed by atoms with E-state index in [1.54, 1.807) is 0 Å². The summed E-state index contributed by atoms with van der Waals surface area (Å²) < 4.78 is 0. The largest absolute Gasteiger partial charge is 0.347 e. The van der Waals surface area contributed by atoms with Crippen LogP contribution < -0.4 is 22.0 Å². The maximum Gasteiger partial charge on any atom is 0.286 e. The second kappa shape index (κ2) is 7.64. The molecule has 8 bridgehead atoms. The summed E-state index contributed by atoms with van der Waals surface area (Å²) in [6, 6.07) is 32.1. The van der Waals surface area contributed by atoms with Crippen molar-refractivity contribution in [1.29, 1.82) is 0 Å². The van der Waals surface area contributed by atoms with Gasteiger partial charge in [-0.2, -0.15) is 6.07 Å². The number of benzene rings is 4. The number of hydrogen-bond donors (Lipinski definition) is 3. The monoisotopic (exact) mass is 492 g/mol. The van der Waals surface area contributed by atoms with Gasteiger partial charge in [-0.1, -0.05) is 72.8 Å². The van der Waals surface area contributed by atoms with Gasteiger partial charge in [0.15, 0.2) is 5.84 Å². The molecule has 0 spiro atoms. The van der Waals surface area contributed by atoms with Crippen LogP contribution in [0.2, 0.25) is 0 Å². The minimum Gasteiger partial charge on any atom is -0.347 e. The van der Waals surface area contributed by atoms with Crippen LogP contribution in [0.4, 0.5) is 11.4 Å². The number of fused-ring (bicyclic) bond motifs is 16. The van der Waals surface area contributed by atoms with Crippen LogP contribution in [0.5, 0.6) is 0 Å². The molecule has 2 aromatic heterocycles. The third-order valence-corrected chi connectivity index (χ3v) is 6.85. The van der Waals surface area contributed by atoms with E-state index in [0.29, 0.717) is 50.3 Å². The fourth-order valence-electron chi connectivity index (χ4n) is 5.13. The first kappa shape index (κ1) is 20.9. The van der Waals surface area contributed by atoms with Crippen molar-refractivity contribution in [1.82, 2.24) is 9.97 Å². The normalized spacial score (nSPS) is 18.6. The standard InChI is InChI=1S/C30H18N7O/c38-30-24-15-6-5-14-23(24)29(37-30)35-27-20-11-2-1-10-19(20)25(33-27)31-17-8-7-9-18(16-17)32-26-21-12-3-4-13-22(21)28(34-26)36-30/h1-15,38H,(H,32,34,36)(H,31,33,35,37)/q-1/t30-/m1/s1. The van der Waals surface area contributed by atoms with Gasteiger partial charge >= 0.3 is 0 Å². The molecular formula is C30H18N7O-. The topological polar surface area (TPSA) is 114 Å². The molecule has 2 aliphatic rings. The molecule has 2 aliphatic heterocycles. The summed E-state index contributed by atoms with van der Waals surface area (Å²) in [6.45, 7) is 0. The van der Waals surface area contributed by atoms with Crippen LogP contribution in [0.15, 0.2) is 116 Å². The van der Waals surface area contributed by atoms with Crippen LogP contribution in [0.3, 0.4) is 0 Å². The lowest BCUT2D eigenvalue weighted by atomic mass is 10.1. The van der Waals surface area contributed by atoms with E-state index >= 15 is 0 Å². The van der Waals surface area contributed by atoms with Gasteiger partial charge in [0.05, 0.1) is 0 Å². The van der Waals surface area contributed by atoms with E-state index in [0.717, 1.165) is 21.5 Å². The second-order valence-corrected chi connectivity index (χ2v) is 9.22. The summed E-state index contributed by atoms with van der Waals surface area (Å²) in [5.74, 6) is -1.48. The van der Waals surface area contributed by atoms with Crippen molar-refractivity contribution in [2.24, 2.45) is 25.0 Å². The molecule has 3 N–H and O–H groups in total. The van der Waals surface area contributed by atoms with Gasteiger partial charge in [-0.15, -0.1) is 18.2 Å². The molecule has 0 saturated heterocycles. The molecule has 4 aromatic carbocycles. The third-order valence-electron chi connectivity index (χ3n) is 6.85. The molecule has 0 fully saturated rings. The molecule has 0 saturated carbocycles. The maximum atomic E-state index is 11.8. The lowest BCUT2D eigenvalue weighted by Gasteiger charge is -2.14. The molecular weight excluding hydrogens is 474 g/mol. The van der Waals surface area contributed by atoms with Gasteiger partial charge in [-0.3, -0.25) is 9.98 Å². The molecule has 0 aliphatic carbocycles. The number of amidine groups is 1. The fraction of sp³-hybridized carbons (Fsp3) is 0.0333. The van der Waals surface area contributed by atoms with Crippen molar-refractivity contribution >= 4 is 38.8 Å². The van der Waals surface area contributed by atoms with Crippen molar-refractivity contribution in [3.05, 3.63) is 130 Å². The van der Waals surface area contributed by atoms with Crippen LogP contribution in [0, 0.1) is 6.07 Å². The Morgan fingerprint density at radius 1 is 0.553 bits per heavy atom. The smallest absolute Gasteiger partial charge is 0.286 e. The lowest BCUT2D eigenvalue weighted by molar-refractivity contribution is 0.0556. The van der Waals surface area contributed by atoms with Crippen molar-refractivity contribution in [3.8, 4) is 0 Å². The van der Waals surface area contributed by atoms with Gasteiger partial charge < -0.3 is 15.1 Å². The molecule has 8 rings (SSSR count). The molecule has 1 atom stereocenters. The number of aliphatic imine (C=N–C) groups is 1. The zero-order valence-corrected chi connectivity index (χ0v) is 19.8. The van der Waals surface area contributed by atoms with Crippen molar-refractivity contribution in [3.63, 3.8) is 0 Å². The molecule has 8 nitrogen and oxygen atoms in total. The van der Waals surface area contributed by atoms with Gasteiger partial charge in [-0.05, 0) is 11.4 Å². The van der Waals surface area contributed by atoms with E-state index in [1.165, 1.54) is 0 Å². The molecule has 6 aromatic rings. The van der Waals surface area contributed by atoms with Crippen molar-refractivity contribution in [2.45, 2.75) is 5.85 Å². The average Bonchev–Trinajstić information content (AvgIpc) is 3.55. The Morgan fingerprint density at radius 3 is 1.74 bits per heavy atom. The van der Waals surface area contributed by atoms with Crippen LogP contribution >= 0.6 is 0 Å². The highest BCUT2D eigenvalue weighted by molar-refractivity contribution is 6.04. The predicted molar refractivity (Wildman–Crippen MR) is 143 cm³/mol. The number of aromatic nitrogens is 2. The summed E-state index contributed by atoms with van der Waals surface area (Å²) in [5.41, 5.74) is 4.84. The number of nitrogens with zero attached hydrogens (tertiary/aromatic N) is 5.